The van der Waals surface area contributed by atoms with E-state index in [2.05, 4.69) is 67.8 Å². The third-order valence-corrected chi connectivity index (χ3v) is 8.91. The van der Waals surface area contributed by atoms with Crippen LogP contribution in [0, 0.1) is 0 Å². The average molecular weight is 709 g/mol. The van der Waals surface area contributed by atoms with Gasteiger partial charge in [-0.15, -0.1) is 0 Å². The quantitative estimate of drug-likeness (QED) is 0.0305. The Morgan fingerprint density at radius 3 is 1.86 bits per heavy atom. The van der Waals surface area contributed by atoms with E-state index in [1.807, 2.05) is 27.2 Å². The summed E-state index contributed by atoms with van der Waals surface area (Å²) in [4.78, 5) is 25.1. The van der Waals surface area contributed by atoms with Crippen LogP contribution in [-0.4, -0.2) is 68.5 Å². The van der Waals surface area contributed by atoms with Crippen LogP contribution < -0.4 is 10.2 Å². The molecule has 8 nitrogen and oxygen atoms in total. The minimum absolute atomic E-state index is 0.0125. The molecule has 0 bridgehead atoms. The van der Waals surface area contributed by atoms with Gasteiger partial charge in [0, 0.05) is 6.42 Å². The lowest BCUT2D eigenvalue weighted by atomic mass is 10.1. The van der Waals surface area contributed by atoms with E-state index in [0.717, 1.165) is 70.6 Å². The molecule has 0 aromatic heterocycles. The van der Waals surface area contributed by atoms with Gasteiger partial charge in [0.2, 0.25) is 5.91 Å². The minimum atomic E-state index is -4.59. The van der Waals surface area contributed by atoms with E-state index < -0.39 is 26.6 Å². The topological polar surface area (TPSA) is 108 Å². The van der Waals surface area contributed by atoms with Gasteiger partial charge in [-0.3, -0.25) is 9.36 Å². The molecule has 3 atom stereocenters. The van der Waals surface area contributed by atoms with E-state index >= 15 is 0 Å². The highest BCUT2D eigenvalue weighted by Gasteiger charge is 2.23. The van der Waals surface area contributed by atoms with Crippen molar-refractivity contribution in [3.8, 4) is 0 Å². The smallest absolute Gasteiger partial charge is 0.268 e. The molecule has 0 aliphatic heterocycles. The normalized spacial score (nSPS) is 15.3. The number of carbonyl (C=O) groups is 1. The molecule has 0 radical (unpaired) electrons. The molecular weight excluding hydrogens is 635 g/mol. The Balaban J connectivity index is 4.44. The Kier molecular flexibility index (Phi) is 31.0. The first-order valence-corrected chi connectivity index (χ1v) is 20.6. The molecule has 0 saturated carbocycles. The van der Waals surface area contributed by atoms with E-state index in [-0.39, 0.29) is 12.5 Å². The molecule has 0 aliphatic rings. The van der Waals surface area contributed by atoms with Crippen molar-refractivity contribution < 1.29 is 32.9 Å². The highest BCUT2D eigenvalue weighted by Crippen LogP contribution is 2.38. The number of amides is 1. The molecule has 0 heterocycles. The molecule has 0 aromatic rings. The molecule has 3 unspecified atom stereocenters. The summed E-state index contributed by atoms with van der Waals surface area (Å²) in [5.74, 6) is -0.228. The van der Waals surface area contributed by atoms with Crippen LogP contribution in [0.4, 0.5) is 0 Å². The maximum atomic E-state index is 12.7. The Labute approximate surface area is 301 Å². The maximum Gasteiger partial charge on any atom is 0.268 e. The van der Waals surface area contributed by atoms with Crippen molar-refractivity contribution in [1.29, 1.82) is 0 Å². The van der Waals surface area contributed by atoms with Gasteiger partial charge in [-0.05, 0) is 64.2 Å². The van der Waals surface area contributed by atoms with Crippen molar-refractivity contribution >= 4 is 13.7 Å². The van der Waals surface area contributed by atoms with Gasteiger partial charge in [0.15, 0.2) is 0 Å². The van der Waals surface area contributed by atoms with E-state index in [4.69, 9.17) is 9.05 Å². The fraction of sp³-hybridized carbons (Fsp3) is 0.725. The number of likely N-dealkylation sites (N-methyl/N-ethyl adjacent to an activating group) is 1. The number of carbonyl (C=O) groups excluding carboxylic acids is 1. The molecule has 0 aromatic carbocycles. The summed E-state index contributed by atoms with van der Waals surface area (Å²) >= 11 is 0. The number of rotatable bonds is 33. The number of nitrogens with one attached hydrogen (secondary N) is 1. The second-order valence-electron chi connectivity index (χ2n) is 13.9. The number of aliphatic hydroxyl groups excluding tert-OH is 1. The highest BCUT2D eigenvalue weighted by atomic mass is 31.2. The van der Waals surface area contributed by atoms with Crippen LogP contribution in [-0.2, 0) is 18.4 Å². The SMILES string of the molecule is CCCC/C=C/CC/C=C/C(O)C(COP(=O)([O-])OCC[N+](C)(C)C)NC(=O)CCCCCCCC/C=C\C/C=C\C/C=C\CCCCC. The number of phosphoric ester groups is 1. The number of hydrogen-bond donors (Lipinski definition) is 2. The Hall–Kier alpha value is -1.80. The van der Waals surface area contributed by atoms with E-state index in [0.29, 0.717) is 17.4 Å². The molecule has 0 rings (SSSR count). The zero-order valence-corrected chi connectivity index (χ0v) is 32.8. The number of quaternary nitrogens is 1. The van der Waals surface area contributed by atoms with Crippen LogP contribution in [0.2, 0.25) is 0 Å². The van der Waals surface area contributed by atoms with Crippen LogP contribution in [0.15, 0.2) is 60.8 Å². The fourth-order valence-corrected chi connectivity index (χ4v) is 5.53. The van der Waals surface area contributed by atoms with Crippen LogP contribution >= 0.6 is 7.82 Å². The first-order chi connectivity index (χ1) is 23.5. The highest BCUT2D eigenvalue weighted by molar-refractivity contribution is 7.45. The monoisotopic (exact) mass is 709 g/mol. The summed E-state index contributed by atoms with van der Waals surface area (Å²) < 4.78 is 23.0. The second kappa shape index (κ2) is 32.1. The van der Waals surface area contributed by atoms with Crippen molar-refractivity contribution in [2.75, 3.05) is 40.9 Å². The van der Waals surface area contributed by atoms with Gasteiger partial charge in [0.25, 0.3) is 7.82 Å². The van der Waals surface area contributed by atoms with Gasteiger partial charge in [-0.25, -0.2) is 0 Å². The predicted molar refractivity (Wildman–Crippen MR) is 205 cm³/mol. The van der Waals surface area contributed by atoms with Crippen molar-refractivity contribution in [3.63, 3.8) is 0 Å². The summed E-state index contributed by atoms with van der Waals surface area (Å²) in [5, 5.41) is 13.6. The number of nitrogens with zero attached hydrogens (tertiary/aromatic N) is 1. The van der Waals surface area contributed by atoms with Crippen molar-refractivity contribution in [2.24, 2.45) is 0 Å². The Bertz CT molecular complexity index is 986. The lowest BCUT2D eigenvalue weighted by Crippen LogP contribution is -2.45. The number of phosphoric acid groups is 1. The molecule has 0 aliphatic carbocycles. The number of allylic oxidation sites excluding steroid dienone is 9. The van der Waals surface area contributed by atoms with Crippen LogP contribution in [0.25, 0.3) is 0 Å². The molecule has 1 amide bonds. The third kappa shape index (κ3) is 34.4. The number of unbranched alkanes of at least 4 members (excludes halogenated alkanes) is 12. The maximum absolute atomic E-state index is 12.7. The zero-order chi connectivity index (χ0) is 36.5. The van der Waals surface area contributed by atoms with Gasteiger partial charge >= 0.3 is 0 Å². The molecule has 0 saturated heterocycles. The molecule has 2 N–H and O–H groups in total. The van der Waals surface area contributed by atoms with Crippen molar-refractivity contribution in [2.45, 2.75) is 148 Å². The summed E-state index contributed by atoms with van der Waals surface area (Å²) in [5.41, 5.74) is 0. The number of aliphatic hydroxyl groups is 1. The molecule has 9 heteroatoms. The largest absolute Gasteiger partial charge is 0.756 e. The summed E-state index contributed by atoms with van der Waals surface area (Å²) in [6.07, 6.45) is 39.9. The molecule has 284 valence electrons. The fourth-order valence-electron chi connectivity index (χ4n) is 4.80. The van der Waals surface area contributed by atoms with Gasteiger partial charge in [0.05, 0.1) is 39.9 Å². The number of hydrogen-bond acceptors (Lipinski definition) is 6. The van der Waals surface area contributed by atoms with Crippen LogP contribution in [0.5, 0.6) is 0 Å². The van der Waals surface area contributed by atoms with Crippen molar-refractivity contribution in [3.05, 3.63) is 60.8 Å². The van der Waals surface area contributed by atoms with E-state index in [1.165, 1.54) is 44.9 Å². The zero-order valence-electron chi connectivity index (χ0n) is 31.9. The van der Waals surface area contributed by atoms with Crippen LogP contribution in [0.1, 0.15) is 136 Å². The Morgan fingerprint density at radius 2 is 1.22 bits per heavy atom. The van der Waals surface area contributed by atoms with Gasteiger partial charge in [-0.1, -0.05) is 126 Å². The summed E-state index contributed by atoms with van der Waals surface area (Å²) in [6.45, 7) is 4.47. The first-order valence-electron chi connectivity index (χ1n) is 19.2. The average Bonchev–Trinajstić information content (AvgIpc) is 3.04. The first kappa shape index (κ1) is 47.2. The minimum Gasteiger partial charge on any atom is -0.756 e. The standard InChI is InChI=1S/C40H73N2O6P/c1-6-8-10-12-14-16-17-18-19-20-21-22-23-24-25-26-28-30-32-34-40(44)41-38(37-48-49(45,46)47-36-35-42(3,4)5)39(43)33-31-29-27-15-13-11-9-7-2/h13-16,18-19,21-22,31,33,38-39,43H,6-12,17,20,23-30,32,34-37H2,1-5H3,(H-,41,44,45,46)/b15-13+,16-14-,19-18-,22-21-,33-31+. The lowest BCUT2D eigenvalue weighted by Gasteiger charge is -2.29. The molecule has 49 heavy (non-hydrogen) atoms. The predicted octanol–water partition coefficient (Wildman–Crippen LogP) is 9.27. The van der Waals surface area contributed by atoms with E-state index in [1.54, 1.807) is 6.08 Å². The van der Waals surface area contributed by atoms with Crippen molar-refractivity contribution in [1.82, 2.24) is 5.32 Å². The third-order valence-electron chi connectivity index (χ3n) is 7.95. The Morgan fingerprint density at radius 1 is 0.714 bits per heavy atom. The van der Waals surface area contributed by atoms with Crippen LogP contribution in [0.3, 0.4) is 0 Å². The van der Waals surface area contributed by atoms with E-state index in [9.17, 15) is 19.4 Å². The van der Waals surface area contributed by atoms with Gasteiger partial charge in [-0.2, -0.15) is 0 Å². The summed E-state index contributed by atoms with van der Waals surface area (Å²) in [7, 11) is 1.22. The molecule has 0 spiro atoms. The van der Waals surface area contributed by atoms with Gasteiger partial charge in [0.1, 0.15) is 13.2 Å². The second-order valence-corrected chi connectivity index (χ2v) is 15.3. The lowest BCUT2D eigenvalue weighted by molar-refractivity contribution is -0.870. The van der Waals surface area contributed by atoms with Gasteiger partial charge < -0.3 is 28.8 Å². The summed E-state index contributed by atoms with van der Waals surface area (Å²) in [6, 6.07) is -0.908. The molecule has 0 fully saturated rings. The molecular formula is C40H73N2O6P.